The van der Waals surface area contributed by atoms with Crippen LogP contribution in [-0.4, -0.2) is 14.5 Å². The van der Waals surface area contributed by atoms with Crippen LogP contribution >= 0.6 is 0 Å². The first kappa shape index (κ1) is 38.8. The van der Waals surface area contributed by atoms with Crippen LogP contribution in [0, 0.1) is 26.8 Å². The van der Waals surface area contributed by atoms with E-state index in [0.29, 0.717) is 0 Å². The second kappa shape index (κ2) is 15.7. The van der Waals surface area contributed by atoms with E-state index >= 15 is 0 Å². The van der Waals surface area contributed by atoms with Crippen LogP contribution < -0.4 is 0 Å². The number of rotatable bonds is 7. The van der Waals surface area contributed by atoms with Gasteiger partial charge in [-0.15, -0.1) is 40.7 Å². The van der Waals surface area contributed by atoms with Gasteiger partial charge in [0.2, 0.25) is 0 Å². The number of hydrogen-bond acceptors (Lipinski definition) is 2. The van der Waals surface area contributed by atoms with Crippen molar-refractivity contribution in [3.8, 4) is 50.6 Å². The number of aryl methyl sites for hydroxylation is 3. The summed E-state index contributed by atoms with van der Waals surface area (Å²) in [4.78, 5) is 10.5. The quantitative estimate of drug-likeness (QED) is 0.150. The zero-order valence-electron chi connectivity index (χ0n) is 33.6. The molecule has 0 bridgehead atoms. The molecule has 2 heterocycles. The molecule has 0 aliphatic carbocycles. The number of imidazole rings is 1. The third-order valence-corrected chi connectivity index (χ3v) is 10.8. The van der Waals surface area contributed by atoms with Crippen molar-refractivity contribution in [1.29, 1.82) is 0 Å². The Balaban J connectivity index is 0.00000469. The summed E-state index contributed by atoms with van der Waals surface area (Å²) in [6.07, 6.45) is 1.91. The molecule has 0 spiro atoms. The Labute approximate surface area is 355 Å². The van der Waals surface area contributed by atoms with E-state index in [1.165, 1.54) is 33.0 Å². The molecule has 0 N–H and O–H groups in total. The Bertz CT molecular complexity index is 2930. The second-order valence-electron chi connectivity index (χ2n) is 16.1. The smallest absolute Gasteiger partial charge is 0.657 e. The van der Waals surface area contributed by atoms with Crippen LogP contribution in [0.25, 0.3) is 77.7 Å². The van der Waals surface area contributed by atoms with Crippen LogP contribution in [0.4, 0.5) is 11.4 Å². The number of para-hydroxylation sites is 3. The van der Waals surface area contributed by atoms with Gasteiger partial charge in [0.15, 0.2) is 0 Å². The molecule has 0 radical (unpaired) electrons. The fourth-order valence-electron chi connectivity index (χ4n) is 8.06. The van der Waals surface area contributed by atoms with Crippen LogP contribution in [-0.2, 0) is 26.5 Å². The van der Waals surface area contributed by atoms with Gasteiger partial charge < -0.3 is 5.32 Å². The summed E-state index contributed by atoms with van der Waals surface area (Å²) in [7, 11) is 0. The topological polar surface area (TPSA) is 44.8 Å². The van der Waals surface area contributed by atoms with Crippen molar-refractivity contribution in [2.24, 2.45) is 0 Å². The molecule has 9 aromatic rings. The average molecular weight is 932 g/mol. The summed E-state index contributed by atoms with van der Waals surface area (Å²) in [6.45, 7) is 13.3. The van der Waals surface area contributed by atoms with E-state index in [1.54, 1.807) is 0 Å². The second-order valence-corrected chi connectivity index (χ2v) is 16.1. The minimum absolute atomic E-state index is 0. The van der Waals surface area contributed by atoms with Gasteiger partial charge in [-0.05, 0) is 77.4 Å². The van der Waals surface area contributed by atoms with Crippen molar-refractivity contribution in [3.05, 3.63) is 191 Å². The van der Waals surface area contributed by atoms with Crippen molar-refractivity contribution in [2.45, 2.75) is 47.0 Å². The number of fused-ring (bicyclic) bond motifs is 2. The summed E-state index contributed by atoms with van der Waals surface area (Å²) in [5.41, 5.74) is 16.6. The van der Waals surface area contributed by atoms with Gasteiger partial charge in [0, 0.05) is 17.5 Å². The van der Waals surface area contributed by atoms with Crippen LogP contribution in [0.15, 0.2) is 158 Å². The Morgan fingerprint density at radius 2 is 1.28 bits per heavy atom. The van der Waals surface area contributed by atoms with Gasteiger partial charge in [0.05, 0.1) is 16.7 Å². The third-order valence-electron chi connectivity index (χ3n) is 10.8. The van der Waals surface area contributed by atoms with Crippen LogP contribution in [0.2, 0.25) is 0 Å². The molecule has 5 heteroatoms. The van der Waals surface area contributed by atoms with Crippen LogP contribution in [0.1, 0.15) is 43.0 Å². The molecular formula is C53H44N4Pt. The van der Waals surface area contributed by atoms with E-state index in [0.717, 1.165) is 73.0 Å². The minimum Gasteiger partial charge on any atom is -0.657 e. The molecule has 0 aliphatic rings. The van der Waals surface area contributed by atoms with E-state index in [9.17, 15) is 0 Å². The number of nitrogens with zero attached hydrogens (tertiary/aromatic N) is 4. The molecule has 0 aliphatic heterocycles. The largest absolute Gasteiger partial charge is 2.00 e. The SMILES string of the molecule is Cc1cc(C)c(-n2c(-c3ccccc3[N-]c3ccccc3)nc3c(-c4[c-]c(-c5cc(-c6ccc7ccccc7c6)ccn5)cc(C(C)(C)C)c4)cccc32)c(C)c1.[Pt+2]. The molecule has 0 saturated carbocycles. The Kier molecular flexibility index (Phi) is 10.5. The molecule has 0 fully saturated rings. The van der Waals surface area contributed by atoms with Crippen molar-refractivity contribution >= 4 is 33.2 Å². The summed E-state index contributed by atoms with van der Waals surface area (Å²) in [5, 5.41) is 7.57. The van der Waals surface area contributed by atoms with E-state index in [4.69, 9.17) is 15.3 Å². The summed E-state index contributed by atoms with van der Waals surface area (Å²) < 4.78 is 2.34. The molecule has 7 aromatic carbocycles. The first-order valence-electron chi connectivity index (χ1n) is 19.6. The van der Waals surface area contributed by atoms with Crippen molar-refractivity contribution in [1.82, 2.24) is 14.5 Å². The van der Waals surface area contributed by atoms with Crippen molar-refractivity contribution < 1.29 is 21.1 Å². The number of pyridine rings is 1. The summed E-state index contributed by atoms with van der Waals surface area (Å²) in [6, 6.07) is 57.3. The van der Waals surface area contributed by atoms with E-state index < -0.39 is 0 Å². The average Bonchev–Trinajstić information content (AvgIpc) is 3.59. The normalized spacial score (nSPS) is 11.5. The maximum atomic E-state index is 5.58. The number of hydrogen-bond donors (Lipinski definition) is 0. The van der Waals surface area contributed by atoms with Gasteiger partial charge >= 0.3 is 21.1 Å². The minimum atomic E-state index is -0.124. The molecule has 0 atom stereocenters. The first-order valence-corrected chi connectivity index (χ1v) is 19.6. The summed E-state index contributed by atoms with van der Waals surface area (Å²) >= 11 is 0. The van der Waals surface area contributed by atoms with Gasteiger partial charge in [-0.25, -0.2) is 4.98 Å². The fraction of sp³-hybridized carbons (Fsp3) is 0.132. The molecule has 0 unspecified atom stereocenters. The van der Waals surface area contributed by atoms with Crippen molar-refractivity contribution in [2.75, 3.05) is 0 Å². The van der Waals surface area contributed by atoms with E-state index in [1.807, 2.05) is 42.6 Å². The van der Waals surface area contributed by atoms with Gasteiger partial charge in [-0.1, -0.05) is 159 Å². The predicted molar refractivity (Wildman–Crippen MR) is 239 cm³/mol. The molecule has 58 heavy (non-hydrogen) atoms. The predicted octanol–water partition coefficient (Wildman–Crippen LogP) is 14.6. The molecule has 286 valence electrons. The van der Waals surface area contributed by atoms with Crippen LogP contribution in [0.3, 0.4) is 0 Å². The van der Waals surface area contributed by atoms with E-state index in [2.05, 4.69) is 167 Å². The van der Waals surface area contributed by atoms with E-state index in [-0.39, 0.29) is 26.5 Å². The van der Waals surface area contributed by atoms with Gasteiger partial charge in [-0.3, -0.25) is 9.55 Å². The summed E-state index contributed by atoms with van der Waals surface area (Å²) in [5.74, 6) is 0.847. The van der Waals surface area contributed by atoms with Gasteiger partial charge in [0.25, 0.3) is 0 Å². The number of aromatic nitrogens is 3. The van der Waals surface area contributed by atoms with Gasteiger partial charge in [0.1, 0.15) is 5.82 Å². The molecular weight excluding hydrogens is 888 g/mol. The standard InChI is InChI=1S/C53H44N4.Pt/c1-34-27-35(2)51(36(3)28-34)57-49-22-14-20-45(50(49)56-52(57)46-19-12-13-21-47(46)55-44-17-8-7-9-18-44)41-30-42(32-43(31-41)53(4,5)6)48-33-40(25-26-54-48)39-24-23-37-15-10-11-16-38(37)29-39;/h7-29,31-33H,1-6H3;/q-2;+2. The first-order chi connectivity index (χ1) is 27.6. The molecule has 4 nitrogen and oxygen atoms in total. The fourth-order valence-corrected chi connectivity index (χ4v) is 8.06. The molecule has 2 aromatic heterocycles. The molecule has 0 amide bonds. The Morgan fingerprint density at radius 3 is 2.05 bits per heavy atom. The van der Waals surface area contributed by atoms with Gasteiger partial charge in [-0.2, -0.15) is 0 Å². The maximum Gasteiger partial charge on any atom is 2.00 e. The Morgan fingerprint density at radius 1 is 0.603 bits per heavy atom. The zero-order chi connectivity index (χ0) is 39.3. The number of benzene rings is 7. The third kappa shape index (κ3) is 7.41. The molecule has 9 rings (SSSR count). The zero-order valence-corrected chi connectivity index (χ0v) is 35.9. The molecule has 0 saturated heterocycles. The van der Waals surface area contributed by atoms with Crippen molar-refractivity contribution in [3.63, 3.8) is 0 Å². The maximum absolute atomic E-state index is 5.58. The van der Waals surface area contributed by atoms with Crippen LogP contribution in [0.5, 0.6) is 0 Å². The Hall–Kier alpha value is -6.09. The monoisotopic (exact) mass is 931 g/mol.